The molecular weight excluding hydrogens is 286 g/mol. The van der Waals surface area contributed by atoms with Crippen molar-refractivity contribution < 1.29 is 13.2 Å². The number of methoxy groups -OCH3 is 1. The number of rotatable bonds is 7. The van der Waals surface area contributed by atoms with E-state index in [2.05, 4.69) is 18.2 Å². The number of nitrogen functional groups attached to an aromatic ring is 1. The number of hydrogen-bond donors (Lipinski definition) is 1. The fourth-order valence-corrected chi connectivity index (χ4v) is 3.99. The molecule has 0 saturated carbocycles. The van der Waals surface area contributed by atoms with Gasteiger partial charge >= 0.3 is 0 Å². The lowest BCUT2D eigenvalue weighted by molar-refractivity contribution is 0.204. The van der Waals surface area contributed by atoms with Gasteiger partial charge in [0.15, 0.2) is 15.7 Å². The molecule has 1 heterocycles. The predicted molar refractivity (Wildman–Crippen MR) is 78.6 cm³/mol. The highest BCUT2D eigenvalue weighted by Gasteiger charge is 2.25. The summed E-state index contributed by atoms with van der Waals surface area (Å²) in [4.78, 5) is 2.10. The van der Waals surface area contributed by atoms with Crippen molar-refractivity contribution in [1.29, 1.82) is 0 Å². The maximum absolute atomic E-state index is 11.8. The molecule has 1 rings (SSSR count). The van der Waals surface area contributed by atoms with Gasteiger partial charge in [-0.25, -0.2) is 8.42 Å². The van der Waals surface area contributed by atoms with Crippen molar-refractivity contribution in [3.8, 4) is 0 Å². The first-order valence-electron chi connectivity index (χ1n) is 5.96. The fraction of sp³-hybridized carbons (Fsp3) is 0.727. The number of anilines is 2. The van der Waals surface area contributed by atoms with E-state index in [-0.39, 0.29) is 10.7 Å². The third-order valence-corrected chi connectivity index (χ3v) is 4.66. The van der Waals surface area contributed by atoms with Crippen molar-refractivity contribution in [1.82, 2.24) is 4.37 Å². The molecule has 0 aliphatic heterocycles. The molecule has 110 valence electrons. The Labute approximate surface area is 118 Å². The highest BCUT2D eigenvalue weighted by molar-refractivity contribution is 7.91. The SMILES string of the molecule is COCCN(CC(C)C)c1snc(N)c1S(C)(=O)=O. The van der Waals surface area contributed by atoms with Crippen molar-refractivity contribution in [2.75, 3.05) is 43.7 Å². The Morgan fingerprint density at radius 1 is 1.47 bits per heavy atom. The number of nitrogens with two attached hydrogens (primary N) is 1. The number of hydrogen-bond acceptors (Lipinski definition) is 7. The summed E-state index contributed by atoms with van der Waals surface area (Å²) in [5, 5.41) is 0.603. The fourth-order valence-electron chi connectivity index (χ4n) is 1.75. The third-order valence-electron chi connectivity index (χ3n) is 2.47. The molecule has 0 aromatic carbocycles. The summed E-state index contributed by atoms with van der Waals surface area (Å²) >= 11 is 1.12. The first kappa shape index (κ1) is 16.2. The molecule has 19 heavy (non-hydrogen) atoms. The first-order valence-corrected chi connectivity index (χ1v) is 8.63. The van der Waals surface area contributed by atoms with Crippen LogP contribution in [0.3, 0.4) is 0 Å². The Morgan fingerprint density at radius 3 is 2.58 bits per heavy atom. The maximum Gasteiger partial charge on any atom is 0.182 e. The van der Waals surface area contributed by atoms with Crippen molar-refractivity contribution >= 4 is 32.2 Å². The Kier molecular flexibility index (Phi) is 5.57. The molecule has 8 heteroatoms. The smallest absolute Gasteiger partial charge is 0.182 e. The second-order valence-corrected chi connectivity index (χ2v) is 7.51. The van der Waals surface area contributed by atoms with Gasteiger partial charge in [-0.05, 0) is 17.5 Å². The van der Waals surface area contributed by atoms with Crippen molar-refractivity contribution in [2.24, 2.45) is 5.92 Å². The number of ether oxygens (including phenoxy) is 1. The van der Waals surface area contributed by atoms with Gasteiger partial charge in [0.05, 0.1) is 6.61 Å². The number of sulfone groups is 1. The van der Waals surface area contributed by atoms with E-state index < -0.39 is 9.84 Å². The molecule has 0 unspecified atom stereocenters. The summed E-state index contributed by atoms with van der Waals surface area (Å²) in [5.74, 6) is 0.473. The van der Waals surface area contributed by atoms with Gasteiger partial charge in [-0.15, -0.1) is 0 Å². The lowest BCUT2D eigenvalue weighted by Crippen LogP contribution is -2.31. The zero-order valence-electron chi connectivity index (χ0n) is 11.7. The zero-order chi connectivity index (χ0) is 14.6. The minimum atomic E-state index is -3.39. The van der Waals surface area contributed by atoms with Gasteiger partial charge in [0.25, 0.3) is 0 Å². The van der Waals surface area contributed by atoms with E-state index in [4.69, 9.17) is 10.5 Å². The van der Waals surface area contributed by atoms with Gasteiger partial charge in [0, 0.05) is 26.5 Å². The molecule has 0 radical (unpaired) electrons. The van der Waals surface area contributed by atoms with Crippen LogP contribution in [0.2, 0.25) is 0 Å². The molecule has 1 aromatic rings. The zero-order valence-corrected chi connectivity index (χ0v) is 13.3. The van der Waals surface area contributed by atoms with E-state index in [9.17, 15) is 8.42 Å². The second-order valence-electron chi connectivity index (χ2n) is 4.81. The Balaban J connectivity index is 3.15. The minimum Gasteiger partial charge on any atom is -0.383 e. The topological polar surface area (TPSA) is 85.5 Å². The summed E-state index contributed by atoms with van der Waals surface area (Å²) in [6.07, 6.45) is 1.15. The van der Waals surface area contributed by atoms with E-state index in [0.717, 1.165) is 24.3 Å². The van der Waals surface area contributed by atoms with Crippen molar-refractivity contribution in [2.45, 2.75) is 18.7 Å². The van der Waals surface area contributed by atoms with Gasteiger partial charge in [-0.3, -0.25) is 0 Å². The Bertz CT molecular complexity index is 511. The van der Waals surface area contributed by atoms with Crippen molar-refractivity contribution in [3.63, 3.8) is 0 Å². The predicted octanol–water partition coefficient (Wildman–Crippen LogP) is 1.24. The Morgan fingerprint density at radius 2 is 2.11 bits per heavy atom. The van der Waals surface area contributed by atoms with Gasteiger partial charge < -0.3 is 15.4 Å². The molecule has 0 bridgehead atoms. The van der Waals surface area contributed by atoms with Gasteiger partial charge in [-0.1, -0.05) is 13.8 Å². The van der Waals surface area contributed by atoms with Gasteiger partial charge in [0.2, 0.25) is 0 Å². The van der Waals surface area contributed by atoms with Crippen LogP contribution in [0, 0.1) is 5.92 Å². The van der Waals surface area contributed by atoms with Crippen molar-refractivity contribution in [3.05, 3.63) is 0 Å². The van der Waals surface area contributed by atoms with E-state index in [1.165, 1.54) is 0 Å². The standard InChI is InChI=1S/C11H21N3O3S2/c1-8(2)7-14(5-6-17-3)11-9(19(4,15)16)10(12)13-18-11/h8H,5-7H2,1-4H3,(H2,12,13). The molecule has 2 N–H and O–H groups in total. The molecule has 6 nitrogen and oxygen atoms in total. The second kappa shape index (κ2) is 6.53. The maximum atomic E-state index is 11.8. The quantitative estimate of drug-likeness (QED) is 0.815. The average molecular weight is 307 g/mol. The third kappa shape index (κ3) is 4.32. The minimum absolute atomic E-state index is 0.0775. The largest absolute Gasteiger partial charge is 0.383 e. The highest BCUT2D eigenvalue weighted by Crippen LogP contribution is 2.34. The first-order chi connectivity index (χ1) is 8.77. The summed E-state index contributed by atoms with van der Waals surface area (Å²) in [6, 6.07) is 0. The summed E-state index contributed by atoms with van der Waals surface area (Å²) < 4.78 is 32.7. The van der Waals surface area contributed by atoms with E-state index in [1.807, 2.05) is 4.90 Å². The van der Waals surface area contributed by atoms with E-state index in [0.29, 0.717) is 24.1 Å². The average Bonchev–Trinajstić information content (AvgIpc) is 2.65. The van der Waals surface area contributed by atoms with Crippen LogP contribution in [-0.2, 0) is 14.6 Å². The lowest BCUT2D eigenvalue weighted by atomic mass is 10.2. The van der Waals surface area contributed by atoms with Gasteiger partial charge in [-0.2, -0.15) is 4.37 Å². The summed E-state index contributed by atoms with van der Waals surface area (Å²) in [5.41, 5.74) is 5.69. The summed E-state index contributed by atoms with van der Waals surface area (Å²) in [6.45, 7) is 6.01. The molecular formula is C11H21N3O3S2. The van der Waals surface area contributed by atoms with E-state index >= 15 is 0 Å². The number of aromatic nitrogens is 1. The molecule has 0 spiro atoms. The lowest BCUT2D eigenvalue weighted by Gasteiger charge is -2.25. The number of nitrogens with zero attached hydrogens (tertiary/aromatic N) is 2. The van der Waals surface area contributed by atoms with Gasteiger partial charge in [0.1, 0.15) is 9.90 Å². The van der Waals surface area contributed by atoms with Crippen LogP contribution in [0.15, 0.2) is 4.90 Å². The van der Waals surface area contributed by atoms with Crippen LogP contribution in [0.25, 0.3) is 0 Å². The van der Waals surface area contributed by atoms with Crippen LogP contribution in [-0.4, -0.2) is 45.9 Å². The molecule has 0 atom stereocenters. The normalized spacial score (nSPS) is 12.1. The van der Waals surface area contributed by atoms with E-state index in [1.54, 1.807) is 7.11 Å². The molecule has 0 saturated heterocycles. The van der Waals surface area contributed by atoms with Crippen LogP contribution in [0.5, 0.6) is 0 Å². The van der Waals surface area contributed by atoms with Crippen LogP contribution >= 0.6 is 11.5 Å². The summed E-state index contributed by atoms with van der Waals surface area (Å²) in [7, 11) is -1.77. The molecule has 0 aliphatic carbocycles. The molecule has 1 aromatic heterocycles. The molecule has 0 aliphatic rings. The van der Waals surface area contributed by atoms with Crippen LogP contribution < -0.4 is 10.6 Å². The van der Waals surface area contributed by atoms with Crippen LogP contribution in [0.4, 0.5) is 10.8 Å². The molecule has 0 amide bonds. The highest BCUT2D eigenvalue weighted by atomic mass is 32.2. The van der Waals surface area contributed by atoms with Crippen LogP contribution in [0.1, 0.15) is 13.8 Å². The monoisotopic (exact) mass is 307 g/mol. The Hall–Kier alpha value is -0.860. The molecule has 0 fully saturated rings.